The molecule has 0 aromatic carbocycles. The van der Waals surface area contributed by atoms with Gasteiger partial charge in [0, 0.05) is 20.2 Å². The topological polar surface area (TPSA) is 40.0 Å². The Bertz CT molecular complexity index is 175. The molecular formula is C7H14N4. The number of nitrogens with one attached hydrogen (secondary N) is 1. The van der Waals surface area contributed by atoms with Gasteiger partial charge in [-0.1, -0.05) is 0 Å². The minimum Gasteiger partial charge on any atom is -0.299 e. The van der Waals surface area contributed by atoms with E-state index in [4.69, 9.17) is 0 Å². The predicted octanol–water partition coefficient (Wildman–Crippen LogP) is 0.272. The molecule has 0 aromatic rings. The minimum atomic E-state index is 0.284. The molecule has 1 heterocycles. The second-order valence-electron chi connectivity index (χ2n) is 2.47. The molecule has 1 aliphatic heterocycles. The second-order valence-corrected chi connectivity index (χ2v) is 2.47. The van der Waals surface area contributed by atoms with Gasteiger partial charge in [0.1, 0.15) is 12.0 Å². The van der Waals surface area contributed by atoms with Crippen molar-refractivity contribution >= 4 is 12.6 Å². The average molecular weight is 154 g/mol. The van der Waals surface area contributed by atoms with Crippen molar-refractivity contribution in [2.75, 3.05) is 14.1 Å². The van der Waals surface area contributed by atoms with E-state index in [1.807, 2.05) is 12.1 Å². The summed E-state index contributed by atoms with van der Waals surface area (Å²) in [5, 5.41) is 8.86. The Hall–Kier alpha value is -0.900. The van der Waals surface area contributed by atoms with Gasteiger partial charge in [0.15, 0.2) is 0 Å². The van der Waals surface area contributed by atoms with E-state index in [-0.39, 0.29) is 6.17 Å². The predicted molar refractivity (Wildman–Crippen MR) is 46.8 cm³/mol. The summed E-state index contributed by atoms with van der Waals surface area (Å²) < 4.78 is 0. The molecule has 0 bridgehead atoms. The van der Waals surface area contributed by atoms with Crippen LogP contribution >= 0.6 is 0 Å². The molecule has 0 aromatic heterocycles. The van der Waals surface area contributed by atoms with Gasteiger partial charge in [0.2, 0.25) is 0 Å². The third-order valence-electron chi connectivity index (χ3n) is 1.94. The number of hydrogen-bond donors (Lipinski definition) is 1. The van der Waals surface area contributed by atoms with E-state index in [2.05, 4.69) is 22.1 Å². The Balaban J connectivity index is 2.70. The fourth-order valence-electron chi connectivity index (χ4n) is 1.34. The minimum absolute atomic E-state index is 0.284. The number of nitrogens with zero attached hydrogens (tertiary/aromatic N) is 3. The zero-order valence-corrected chi connectivity index (χ0v) is 7.04. The SMILES string of the molecule is C=NN1/C(=N\C)CCC1NC. The molecule has 4 nitrogen and oxygen atoms in total. The molecule has 0 saturated carbocycles. The van der Waals surface area contributed by atoms with Crippen molar-refractivity contribution in [3.8, 4) is 0 Å². The summed E-state index contributed by atoms with van der Waals surface area (Å²) in [6.45, 7) is 3.49. The lowest BCUT2D eigenvalue weighted by molar-refractivity contribution is 0.315. The Morgan fingerprint density at radius 3 is 2.91 bits per heavy atom. The summed E-state index contributed by atoms with van der Waals surface area (Å²) in [5.41, 5.74) is 0. The highest BCUT2D eigenvalue weighted by atomic mass is 15.5. The maximum atomic E-state index is 4.11. The van der Waals surface area contributed by atoms with E-state index in [0.29, 0.717) is 0 Å². The molecule has 1 fully saturated rings. The molecule has 1 N–H and O–H groups in total. The smallest absolute Gasteiger partial charge is 0.121 e. The van der Waals surface area contributed by atoms with Crippen LogP contribution in [0.2, 0.25) is 0 Å². The van der Waals surface area contributed by atoms with Crippen LogP contribution in [0.1, 0.15) is 12.8 Å². The van der Waals surface area contributed by atoms with Gasteiger partial charge >= 0.3 is 0 Å². The third kappa shape index (κ3) is 1.40. The summed E-state index contributed by atoms with van der Waals surface area (Å²) in [4.78, 5) is 4.11. The van der Waals surface area contributed by atoms with Gasteiger partial charge in [-0.2, -0.15) is 5.10 Å². The van der Waals surface area contributed by atoms with Crippen LogP contribution in [0.15, 0.2) is 10.1 Å². The van der Waals surface area contributed by atoms with Crippen molar-refractivity contribution in [3.63, 3.8) is 0 Å². The van der Waals surface area contributed by atoms with Crippen LogP contribution < -0.4 is 5.32 Å². The van der Waals surface area contributed by atoms with Crippen LogP contribution in [0.3, 0.4) is 0 Å². The first-order valence-corrected chi connectivity index (χ1v) is 3.72. The van der Waals surface area contributed by atoms with E-state index in [0.717, 1.165) is 18.7 Å². The normalized spacial score (nSPS) is 28.0. The number of aliphatic imine (C=N–C) groups is 1. The van der Waals surface area contributed by atoms with Gasteiger partial charge in [-0.05, 0) is 13.5 Å². The highest BCUT2D eigenvalue weighted by Crippen LogP contribution is 2.16. The summed E-state index contributed by atoms with van der Waals surface area (Å²) in [7, 11) is 3.70. The number of rotatable bonds is 2. The lowest BCUT2D eigenvalue weighted by Gasteiger charge is -2.19. The van der Waals surface area contributed by atoms with Gasteiger partial charge < -0.3 is 0 Å². The van der Waals surface area contributed by atoms with E-state index >= 15 is 0 Å². The first-order chi connectivity index (χ1) is 5.33. The van der Waals surface area contributed by atoms with Crippen LogP contribution in [0, 0.1) is 0 Å². The van der Waals surface area contributed by atoms with E-state index in [1.54, 1.807) is 7.05 Å². The summed E-state index contributed by atoms with van der Waals surface area (Å²) in [6.07, 6.45) is 2.33. The fraction of sp³-hybridized carbons (Fsp3) is 0.714. The number of hydrazone groups is 1. The van der Waals surface area contributed by atoms with Crippen molar-refractivity contribution in [1.82, 2.24) is 10.3 Å². The van der Waals surface area contributed by atoms with Crippen molar-refractivity contribution < 1.29 is 0 Å². The summed E-state index contributed by atoms with van der Waals surface area (Å²) in [6, 6.07) is 0. The quantitative estimate of drug-likeness (QED) is 0.580. The molecule has 1 unspecified atom stereocenters. The molecule has 62 valence electrons. The van der Waals surface area contributed by atoms with E-state index in [9.17, 15) is 0 Å². The second kappa shape index (κ2) is 3.48. The highest BCUT2D eigenvalue weighted by Gasteiger charge is 2.26. The largest absolute Gasteiger partial charge is 0.299 e. The van der Waals surface area contributed by atoms with Gasteiger partial charge in [0.05, 0.1) is 0 Å². The Kier molecular flexibility index (Phi) is 2.59. The van der Waals surface area contributed by atoms with E-state index < -0.39 is 0 Å². The molecule has 1 rings (SSSR count). The molecule has 0 aliphatic carbocycles. The van der Waals surface area contributed by atoms with Crippen molar-refractivity contribution in [2.45, 2.75) is 19.0 Å². The van der Waals surface area contributed by atoms with Gasteiger partial charge in [0.25, 0.3) is 0 Å². The average Bonchev–Trinajstić information content (AvgIpc) is 2.45. The van der Waals surface area contributed by atoms with Crippen LogP contribution in [-0.2, 0) is 0 Å². The lowest BCUT2D eigenvalue weighted by atomic mass is 10.3. The first kappa shape index (κ1) is 8.20. The van der Waals surface area contributed by atoms with Gasteiger partial charge in [-0.15, -0.1) is 0 Å². The van der Waals surface area contributed by atoms with Crippen LogP contribution in [0.25, 0.3) is 0 Å². The molecule has 0 amide bonds. The molecule has 1 aliphatic rings. The Morgan fingerprint density at radius 2 is 2.45 bits per heavy atom. The molecule has 11 heavy (non-hydrogen) atoms. The molecule has 1 atom stereocenters. The molecule has 0 spiro atoms. The Morgan fingerprint density at radius 1 is 1.73 bits per heavy atom. The number of hydrogen-bond acceptors (Lipinski definition) is 3. The molecule has 4 heteroatoms. The maximum Gasteiger partial charge on any atom is 0.121 e. The van der Waals surface area contributed by atoms with Gasteiger partial charge in [-0.25, -0.2) is 5.01 Å². The lowest BCUT2D eigenvalue weighted by Crippen LogP contribution is -2.37. The van der Waals surface area contributed by atoms with Crippen molar-refractivity contribution in [1.29, 1.82) is 0 Å². The van der Waals surface area contributed by atoms with Gasteiger partial charge in [-0.3, -0.25) is 10.3 Å². The molecular weight excluding hydrogens is 140 g/mol. The zero-order valence-electron chi connectivity index (χ0n) is 7.04. The highest BCUT2D eigenvalue weighted by molar-refractivity contribution is 5.84. The third-order valence-corrected chi connectivity index (χ3v) is 1.94. The van der Waals surface area contributed by atoms with Crippen LogP contribution in [0.5, 0.6) is 0 Å². The Labute approximate surface area is 67.0 Å². The zero-order chi connectivity index (χ0) is 8.27. The summed E-state index contributed by atoms with van der Waals surface area (Å²) >= 11 is 0. The monoisotopic (exact) mass is 154 g/mol. The van der Waals surface area contributed by atoms with Crippen molar-refractivity contribution in [2.24, 2.45) is 10.1 Å². The molecule has 0 radical (unpaired) electrons. The van der Waals surface area contributed by atoms with Crippen LogP contribution in [-0.4, -0.2) is 37.8 Å². The van der Waals surface area contributed by atoms with Crippen molar-refractivity contribution in [3.05, 3.63) is 0 Å². The maximum absolute atomic E-state index is 4.11. The first-order valence-electron chi connectivity index (χ1n) is 3.72. The molecule has 1 saturated heterocycles. The standard InChI is InChI=1S/C7H14N4/c1-8-6-4-5-7(9-2)11(6)10-3/h6,8H,3-5H2,1-2H3/b9-7-. The summed E-state index contributed by atoms with van der Waals surface area (Å²) in [5.74, 6) is 1.01. The number of amidine groups is 1. The fourth-order valence-corrected chi connectivity index (χ4v) is 1.34. The van der Waals surface area contributed by atoms with Crippen LogP contribution in [0.4, 0.5) is 0 Å². The van der Waals surface area contributed by atoms with E-state index in [1.165, 1.54) is 0 Å².